The SMILES string of the molecule is C[C@@H]1COC[C@H](C)N1C(=O)c1cc(F)ccc1Oc1nnc(Cl)nc1N1CC2(CC(Oc3cccc4c3CN(C(=O)OC(C)(C)C)C4)C2)C1. The Morgan fingerprint density at radius 2 is 1.76 bits per heavy atom. The molecule has 7 rings (SSSR count). The predicted octanol–water partition coefficient (Wildman–Crippen LogP) is 6.00. The molecule has 0 bridgehead atoms. The molecule has 4 heterocycles. The van der Waals surface area contributed by atoms with Gasteiger partial charge in [-0.1, -0.05) is 12.1 Å². The number of hydrogen-bond donors (Lipinski definition) is 0. The van der Waals surface area contributed by atoms with Gasteiger partial charge in [0.1, 0.15) is 29.0 Å². The van der Waals surface area contributed by atoms with Crippen molar-refractivity contribution in [3.8, 4) is 17.4 Å². The quantitative estimate of drug-likeness (QED) is 0.304. The maximum absolute atomic E-state index is 14.5. The Bertz CT molecular complexity index is 1760. The zero-order chi connectivity index (χ0) is 34.7. The Morgan fingerprint density at radius 3 is 2.47 bits per heavy atom. The van der Waals surface area contributed by atoms with E-state index in [4.69, 9.17) is 30.5 Å². The largest absolute Gasteiger partial charge is 0.490 e. The van der Waals surface area contributed by atoms with Gasteiger partial charge in [-0.15, -0.1) is 10.2 Å². The molecule has 0 N–H and O–H groups in total. The van der Waals surface area contributed by atoms with Crippen LogP contribution in [0.4, 0.5) is 15.0 Å². The molecule has 14 heteroatoms. The zero-order valence-electron chi connectivity index (χ0n) is 28.2. The number of aromatic nitrogens is 3. The number of carbonyl (C=O) groups is 2. The molecule has 1 spiro atoms. The van der Waals surface area contributed by atoms with E-state index in [1.807, 2.05) is 57.7 Å². The molecule has 12 nitrogen and oxygen atoms in total. The minimum atomic E-state index is -0.564. The molecule has 1 saturated carbocycles. The summed E-state index contributed by atoms with van der Waals surface area (Å²) in [4.78, 5) is 36.2. The average Bonchev–Trinajstić information content (AvgIpc) is 3.44. The van der Waals surface area contributed by atoms with Crippen molar-refractivity contribution in [1.29, 1.82) is 0 Å². The number of fused-ring (bicyclic) bond motifs is 1. The third kappa shape index (κ3) is 6.70. The monoisotopic (exact) mass is 694 g/mol. The highest BCUT2D eigenvalue weighted by atomic mass is 35.5. The first-order chi connectivity index (χ1) is 23.3. The first-order valence-corrected chi connectivity index (χ1v) is 16.9. The number of ether oxygens (including phenoxy) is 4. The highest BCUT2D eigenvalue weighted by Gasteiger charge is 2.54. The summed E-state index contributed by atoms with van der Waals surface area (Å²) in [5.41, 5.74) is 1.62. The van der Waals surface area contributed by atoms with Crippen LogP contribution in [0.15, 0.2) is 36.4 Å². The van der Waals surface area contributed by atoms with Gasteiger partial charge < -0.3 is 28.7 Å². The van der Waals surface area contributed by atoms with Crippen LogP contribution in [0.1, 0.15) is 68.9 Å². The van der Waals surface area contributed by atoms with Crippen LogP contribution >= 0.6 is 11.6 Å². The highest BCUT2D eigenvalue weighted by molar-refractivity contribution is 6.28. The van der Waals surface area contributed by atoms with Crippen LogP contribution in [0.3, 0.4) is 0 Å². The molecule has 0 radical (unpaired) electrons. The molecule has 1 aromatic heterocycles. The number of anilines is 1. The number of carbonyl (C=O) groups excluding carboxylic acids is 2. The number of halogens is 2. The lowest BCUT2D eigenvalue weighted by atomic mass is 9.61. The summed E-state index contributed by atoms with van der Waals surface area (Å²) < 4.78 is 38.2. The van der Waals surface area contributed by atoms with Gasteiger partial charge in [0.15, 0.2) is 5.82 Å². The number of rotatable bonds is 6. The van der Waals surface area contributed by atoms with E-state index in [0.717, 1.165) is 29.7 Å². The minimum Gasteiger partial charge on any atom is -0.490 e. The van der Waals surface area contributed by atoms with Gasteiger partial charge >= 0.3 is 6.09 Å². The van der Waals surface area contributed by atoms with Crippen molar-refractivity contribution in [3.05, 3.63) is 64.2 Å². The van der Waals surface area contributed by atoms with Crippen molar-refractivity contribution < 1.29 is 32.9 Å². The summed E-state index contributed by atoms with van der Waals surface area (Å²) >= 11 is 6.18. The molecule has 2 saturated heterocycles. The summed E-state index contributed by atoms with van der Waals surface area (Å²) in [5.74, 6) is 0.493. The molecule has 3 aliphatic heterocycles. The lowest BCUT2D eigenvalue weighted by Crippen LogP contribution is -2.65. The Labute approximate surface area is 289 Å². The molecule has 4 aliphatic rings. The Kier molecular flexibility index (Phi) is 8.54. The van der Waals surface area contributed by atoms with Crippen LogP contribution in [0.2, 0.25) is 5.28 Å². The standard InChI is InChI=1S/C35H40ClFN6O6/c1-20-16-46-17-21(2)43(20)31(44)25-11-23(37)9-10-28(25)48-30-29(38-32(36)40-39-30)42-18-35(19-42)12-24(13-35)47-27-8-6-7-22-14-41(15-26(22)27)33(45)49-34(3,4)5/h6-11,20-21,24H,12-19H2,1-5H3/t20-,21+. The van der Waals surface area contributed by atoms with Gasteiger partial charge in [-0.3, -0.25) is 9.69 Å². The second-order valence-corrected chi connectivity index (χ2v) is 15.0. The van der Waals surface area contributed by atoms with Crippen molar-refractivity contribution in [2.45, 2.75) is 84.3 Å². The van der Waals surface area contributed by atoms with Crippen molar-refractivity contribution in [2.75, 3.05) is 31.2 Å². The van der Waals surface area contributed by atoms with E-state index in [-0.39, 0.29) is 58.1 Å². The second-order valence-electron chi connectivity index (χ2n) is 14.6. The van der Waals surface area contributed by atoms with Gasteiger partial charge in [0.05, 0.1) is 37.4 Å². The first-order valence-electron chi connectivity index (χ1n) is 16.6. The fraction of sp³-hybridized carbons (Fsp3) is 0.514. The summed E-state index contributed by atoms with van der Waals surface area (Å²) in [6.45, 7) is 12.4. The molecule has 2 amide bonds. The van der Waals surface area contributed by atoms with Crippen LogP contribution in [-0.2, 0) is 22.6 Å². The number of amides is 2. The van der Waals surface area contributed by atoms with E-state index >= 15 is 0 Å². The summed E-state index contributed by atoms with van der Waals surface area (Å²) in [6, 6.07) is 9.38. The van der Waals surface area contributed by atoms with Crippen LogP contribution in [0.5, 0.6) is 17.4 Å². The number of morpholine rings is 1. The molecule has 1 aliphatic carbocycles. The normalized spacial score (nSPS) is 21.6. The Hall–Kier alpha value is -4.23. The molecule has 49 heavy (non-hydrogen) atoms. The average molecular weight is 695 g/mol. The van der Waals surface area contributed by atoms with Crippen LogP contribution in [0.25, 0.3) is 0 Å². The van der Waals surface area contributed by atoms with Gasteiger partial charge in [0.25, 0.3) is 11.8 Å². The van der Waals surface area contributed by atoms with Crippen LogP contribution in [0, 0.1) is 11.2 Å². The molecule has 2 atom stereocenters. The van der Waals surface area contributed by atoms with Gasteiger partial charge in [-0.2, -0.15) is 4.98 Å². The smallest absolute Gasteiger partial charge is 0.410 e. The first kappa shape index (κ1) is 33.3. The van der Waals surface area contributed by atoms with E-state index in [0.29, 0.717) is 45.2 Å². The van der Waals surface area contributed by atoms with Crippen molar-refractivity contribution >= 4 is 29.4 Å². The molecule has 0 unspecified atom stereocenters. The lowest BCUT2D eigenvalue weighted by Gasteiger charge is -2.58. The molecular weight excluding hydrogens is 655 g/mol. The number of hydrogen-bond acceptors (Lipinski definition) is 10. The van der Waals surface area contributed by atoms with Crippen molar-refractivity contribution in [2.24, 2.45) is 5.41 Å². The maximum Gasteiger partial charge on any atom is 0.410 e. The van der Waals surface area contributed by atoms with E-state index < -0.39 is 11.4 Å². The van der Waals surface area contributed by atoms with E-state index in [2.05, 4.69) is 15.2 Å². The van der Waals surface area contributed by atoms with Gasteiger partial charge in [-0.25, -0.2) is 9.18 Å². The fourth-order valence-electron chi connectivity index (χ4n) is 7.26. The zero-order valence-corrected chi connectivity index (χ0v) is 29.0. The molecular formula is C35H40ClFN6O6. The summed E-state index contributed by atoms with van der Waals surface area (Å²) in [7, 11) is 0. The Morgan fingerprint density at radius 1 is 1.02 bits per heavy atom. The lowest BCUT2D eigenvalue weighted by molar-refractivity contribution is -0.0349. The van der Waals surface area contributed by atoms with Crippen LogP contribution in [-0.4, -0.2) is 87.1 Å². The fourth-order valence-corrected chi connectivity index (χ4v) is 7.38. The van der Waals surface area contributed by atoms with Gasteiger partial charge in [0, 0.05) is 30.6 Å². The van der Waals surface area contributed by atoms with Gasteiger partial charge in [-0.05, 0) is 88.9 Å². The van der Waals surface area contributed by atoms with Crippen molar-refractivity contribution in [1.82, 2.24) is 25.0 Å². The minimum absolute atomic E-state index is 0.0273. The second kappa shape index (κ2) is 12.6. The predicted molar refractivity (Wildman–Crippen MR) is 177 cm³/mol. The third-order valence-electron chi connectivity index (χ3n) is 9.45. The molecule has 2 aromatic carbocycles. The van der Waals surface area contributed by atoms with Crippen LogP contribution < -0.4 is 14.4 Å². The highest BCUT2D eigenvalue weighted by Crippen LogP contribution is 2.52. The van der Waals surface area contributed by atoms with Gasteiger partial charge in [0.2, 0.25) is 5.28 Å². The summed E-state index contributed by atoms with van der Waals surface area (Å²) in [6.07, 6.45) is 1.39. The number of benzene rings is 2. The topological polar surface area (TPSA) is 119 Å². The Balaban J connectivity index is 1.01. The molecule has 3 aromatic rings. The van der Waals surface area contributed by atoms with E-state index in [9.17, 15) is 14.0 Å². The van der Waals surface area contributed by atoms with Crippen molar-refractivity contribution in [3.63, 3.8) is 0 Å². The molecule has 3 fully saturated rings. The third-order valence-corrected chi connectivity index (χ3v) is 9.61. The van der Waals surface area contributed by atoms with E-state index in [1.54, 1.807) is 9.80 Å². The number of nitrogens with zero attached hydrogens (tertiary/aromatic N) is 6. The summed E-state index contributed by atoms with van der Waals surface area (Å²) in [5, 5.41) is 8.02. The van der Waals surface area contributed by atoms with E-state index in [1.165, 1.54) is 18.2 Å². The molecule has 260 valence electrons. The maximum atomic E-state index is 14.5.